The number of hydrogen-bond donors (Lipinski definition) is 0. The number of pyridine rings is 2. The SMILES string of the molecule is Cc1cccc(-c2cc3c(s2)-c2sc(-c4cccc(C)n4)cc2P3(=O)c2ccccc2)n1. The maximum atomic E-state index is 14.9. The van der Waals surface area contributed by atoms with Crippen molar-refractivity contribution in [2.24, 2.45) is 0 Å². The van der Waals surface area contributed by atoms with Crippen molar-refractivity contribution in [2.75, 3.05) is 0 Å². The van der Waals surface area contributed by atoms with Crippen molar-refractivity contribution in [3.05, 3.63) is 90.3 Å². The zero-order chi connectivity index (χ0) is 21.9. The standard InChI is InChI=1S/C26H19N2OPS2/c1-16-8-6-12-19(27-16)23-14-21-25(31-23)26-22(30(21,29)18-10-4-3-5-11-18)15-24(32-26)20-13-7-9-17(2)28-20/h3-15H,1-2H3. The van der Waals surface area contributed by atoms with E-state index in [1.54, 1.807) is 22.7 Å². The van der Waals surface area contributed by atoms with Crippen LogP contribution in [0.4, 0.5) is 0 Å². The van der Waals surface area contributed by atoms with E-state index in [9.17, 15) is 4.57 Å². The van der Waals surface area contributed by atoms with E-state index in [-0.39, 0.29) is 0 Å². The lowest BCUT2D eigenvalue weighted by atomic mass is 10.2. The summed E-state index contributed by atoms with van der Waals surface area (Å²) in [5.74, 6) is 0. The molecule has 0 fully saturated rings. The van der Waals surface area contributed by atoms with Gasteiger partial charge in [-0.15, -0.1) is 22.7 Å². The van der Waals surface area contributed by atoms with Crippen LogP contribution in [-0.2, 0) is 4.57 Å². The van der Waals surface area contributed by atoms with Crippen molar-refractivity contribution in [2.45, 2.75) is 13.8 Å². The molecule has 0 spiro atoms. The fourth-order valence-electron chi connectivity index (χ4n) is 4.21. The smallest absolute Gasteiger partial charge is 0.174 e. The minimum absolute atomic E-state index is 0.878. The highest BCUT2D eigenvalue weighted by atomic mass is 32.1. The van der Waals surface area contributed by atoms with Crippen LogP contribution in [0.2, 0.25) is 0 Å². The predicted octanol–water partition coefficient (Wildman–Crippen LogP) is 6.17. The average molecular weight is 471 g/mol. The summed E-state index contributed by atoms with van der Waals surface area (Å²) in [6.07, 6.45) is 0. The van der Waals surface area contributed by atoms with Gasteiger partial charge >= 0.3 is 0 Å². The lowest BCUT2D eigenvalue weighted by molar-refractivity contribution is 0.593. The number of thiophene rings is 2. The number of hydrogen-bond acceptors (Lipinski definition) is 5. The first kappa shape index (κ1) is 19.8. The Morgan fingerprint density at radius 2 is 1.16 bits per heavy atom. The van der Waals surface area contributed by atoms with Gasteiger partial charge in [0.05, 0.1) is 30.9 Å². The van der Waals surface area contributed by atoms with Gasteiger partial charge in [0, 0.05) is 27.3 Å². The van der Waals surface area contributed by atoms with Crippen molar-refractivity contribution in [1.29, 1.82) is 0 Å². The fourth-order valence-corrected chi connectivity index (χ4v) is 10.6. The maximum absolute atomic E-state index is 14.9. The van der Waals surface area contributed by atoms with Crippen molar-refractivity contribution in [3.63, 3.8) is 0 Å². The molecule has 0 radical (unpaired) electrons. The van der Waals surface area contributed by atoms with Gasteiger partial charge < -0.3 is 4.57 Å². The Kier molecular flexibility index (Phi) is 4.55. The van der Waals surface area contributed by atoms with Crippen LogP contribution in [0, 0.1) is 13.8 Å². The molecule has 5 heterocycles. The van der Waals surface area contributed by atoms with Gasteiger partial charge in [0.1, 0.15) is 0 Å². The molecule has 0 N–H and O–H groups in total. The summed E-state index contributed by atoms with van der Waals surface area (Å²) in [5.41, 5.74) is 3.82. The molecular weight excluding hydrogens is 451 g/mol. The Hall–Kier alpha value is -2.85. The lowest BCUT2D eigenvalue weighted by Crippen LogP contribution is -2.19. The van der Waals surface area contributed by atoms with Crippen LogP contribution in [0.15, 0.2) is 78.9 Å². The second-order valence-corrected chi connectivity index (χ2v) is 12.7. The monoisotopic (exact) mass is 470 g/mol. The number of aromatic nitrogens is 2. The second-order valence-electron chi connectivity index (χ2n) is 7.92. The van der Waals surface area contributed by atoms with E-state index in [2.05, 4.69) is 12.1 Å². The third-order valence-corrected chi connectivity index (χ3v) is 11.6. The number of nitrogens with zero attached hydrogens (tertiary/aromatic N) is 2. The molecule has 0 atom stereocenters. The van der Waals surface area contributed by atoms with Gasteiger partial charge in [-0.2, -0.15) is 0 Å². The summed E-state index contributed by atoms with van der Waals surface area (Å²) in [4.78, 5) is 13.7. The summed E-state index contributed by atoms with van der Waals surface area (Å²) >= 11 is 3.38. The molecule has 0 bridgehead atoms. The molecule has 0 saturated heterocycles. The molecule has 0 saturated carbocycles. The van der Waals surface area contributed by atoms with Crippen molar-refractivity contribution >= 4 is 45.7 Å². The molecule has 6 rings (SSSR count). The highest BCUT2D eigenvalue weighted by molar-refractivity contribution is 7.87. The Bertz CT molecular complexity index is 1440. The molecule has 6 heteroatoms. The van der Waals surface area contributed by atoms with Gasteiger partial charge in [-0.25, -0.2) is 0 Å². The second kappa shape index (κ2) is 7.35. The molecule has 3 nitrogen and oxygen atoms in total. The summed E-state index contributed by atoms with van der Waals surface area (Å²) in [6.45, 7) is 4.00. The van der Waals surface area contributed by atoms with E-state index in [1.807, 2.05) is 80.6 Å². The number of benzene rings is 1. The average Bonchev–Trinajstić information content (AvgIpc) is 3.48. The molecule has 156 valence electrons. The zero-order valence-corrected chi connectivity index (χ0v) is 20.1. The van der Waals surface area contributed by atoms with Crippen LogP contribution < -0.4 is 15.9 Å². The molecule has 1 aliphatic rings. The largest absolute Gasteiger partial charge is 0.309 e. The molecule has 5 aromatic rings. The number of rotatable bonds is 3. The predicted molar refractivity (Wildman–Crippen MR) is 137 cm³/mol. The van der Waals surface area contributed by atoms with E-state index in [4.69, 9.17) is 9.97 Å². The molecule has 1 aliphatic heterocycles. The van der Waals surface area contributed by atoms with Gasteiger partial charge in [0.15, 0.2) is 7.14 Å². The van der Waals surface area contributed by atoms with Crippen molar-refractivity contribution in [1.82, 2.24) is 9.97 Å². The van der Waals surface area contributed by atoms with Crippen LogP contribution in [0.1, 0.15) is 11.4 Å². The quantitative estimate of drug-likeness (QED) is 0.291. The normalized spacial score (nSPS) is 13.7. The maximum Gasteiger partial charge on any atom is 0.174 e. The molecular formula is C26H19N2OPS2. The van der Waals surface area contributed by atoms with Crippen LogP contribution in [-0.4, -0.2) is 9.97 Å². The highest BCUT2D eigenvalue weighted by Crippen LogP contribution is 2.58. The Morgan fingerprint density at radius 1 is 0.656 bits per heavy atom. The van der Waals surface area contributed by atoms with Gasteiger partial charge in [-0.05, 0) is 50.2 Å². The summed E-state index contributed by atoms with van der Waals surface area (Å²) in [7, 11) is -2.96. The molecule has 4 aromatic heterocycles. The van der Waals surface area contributed by atoms with E-state index < -0.39 is 7.14 Å². The lowest BCUT2D eigenvalue weighted by Gasteiger charge is -2.13. The Morgan fingerprint density at radius 3 is 1.62 bits per heavy atom. The first-order valence-corrected chi connectivity index (χ1v) is 13.7. The van der Waals surface area contributed by atoms with Gasteiger partial charge in [0.2, 0.25) is 0 Å². The topological polar surface area (TPSA) is 42.9 Å². The fraction of sp³-hybridized carbons (Fsp3) is 0.0769. The van der Waals surface area contributed by atoms with Gasteiger partial charge in [-0.1, -0.05) is 42.5 Å². The van der Waals surface area contributed by atoms with Crippen molar-refractivity contribution in [3.8, 4) is 30.9 Å². The Balaban J connectivity index is 1.60. The summed E-state index contributed by atoms with van der Waals surface area (Å²) in [6, 6.07) is 26.2. The van der Waals surface area contributed by atoms with Crippen LogP contribution in [0.3, 0.4) is 0 Å². The minimum Gasteiger partial charge on any atom is -0.309 e. The molecule has 0 unspecified atom stereocenters. The van der Waals surface area contributed by atoms with Crippen LogP contribution >= 0.6 is 29.8 Å². The van der Waals surface area contributed by atoms with Crippen molar-refractivity contribution < 1.29 is 4.57 Å². The van der Waals surface area contributed by atoms with Crippen LogP contribution in [0.25, 0.3) is 30.9 Å². The molecule has 1 aromatic carbocycles. The first-order chi connectivity index (χ1) is 15.5. The molecule has 0 aliphatic carbocycles. The van der Waals surface area contributed by atoms with Gasteiger partial charge in [0.25, 0.3) is 0 Å². The Labute approximate surface area is 194 Å². The van der Waals surface area contributed by atoms with E-state index in [1.165, 1.54) is 0 Å². The number of fused-ring (bicyclic) bond motifs is 3. The zero-order valence-electron chi connectivity index (χ0n) is 17.6. The summed E-state index contributed by atoms with van der Waals surface area (Å²) < 4.78 is 14.9. The molecule has 0 amide bonds. The molecule has 32 heavy (non-hydrogen) atoms. The summed E-state index contributed by atoms with van der Waals surface area (Å²) in [5, 5.41) is 2.76. The minimum atomic E-state index is -2.96. The van der Waals surface area contributed by atoms with E-state index in [0.717, 1.165) is 58.2 Å². The third-order valence-electron chi connectivity index (χ3n) is 5.71. The van der Waals surface area contributed by atoms with E-state index in [0.29, 0.717) is 0 Å². The number of aryl methyl sites for hydroxylation is 2. The van der Waals surface area contributed by atoms with E-state index >= 15 is 0 Å². The third kappa shape index (κ3) is 2.96. The highest BCUT2D eigenvalue weighted by Gasteiger charge is 2.44. The van der Waals surface area contributed by atoms with Gasteiger partial charge in [-0.3, -0.25) is 9.97 Å². The first-order valence-electron chi connectivity index (χ1n) is 10.4. The van der Waals surface area contributed by atoms with Crippen LogP contribution in [0.5, 0.6) is 0 Å².